The number of hydrogen-bond donors (Lipinski definition) is 3. The average molecular weight is 332 g/mol. The van der Waals surface area contributed by atoms with Crippen molar-refractivity contribution in [3.63, 3.8) is 0 Å². The monoisotopic (exact) mass is 330 g/mol. The molecule has 0 aliphatic rings. The van der Waals surface area contributed by atoms with Crippen LogP contribution in [0.25, 0.3) is 0 Å². The maximum atomic E-state index is 9.59. The molecular weight excluding hydrogens is 323 g/mol. The second-order valence-corrected chi connectivity index (χ2v) is 5.11. The Bertz CT molecular complexity index is 652. The molecule has 0 heterocycles. The van der Waals surface area contributed by atoms with Crippen molar-refractivity contribution in [2.45, 2.75) is 0 Å². The summed E-state index contributed by atoms with van der Waals surface area (Å²) in [5.74, 6) is -0.125. The van der Waals surface area contributed by atoms with Crippen LogP contribution in [0.4, 0.5) is 5.69 Å². The van der Waals surface area contributed by atoms with Gasteiger partial charge in [-0.3, -0.25) is 5.43 Å². The molecule has 0 fully saturated rings. The van der Waals surface area contributed by atoms with Gasteiger partial charge >= 0.3 is 0 Å². The van der Waals surface area contributed by atoms with Gasteiger partial charge in [0.1, 0.15) is 11.5 Å². The Morgan fingerprint density at radius 3 is 2.25 bits per heavy atom. The number of phenolic OH excluding ortho intramolecular Hbond substituents is 2. The van der Waals surface area contributed by atoms with Crippen molar-refractivity contribution in [2.24, 2.45) is 5.10 Å². The lowest BCUT2D eigenvalue weighted by molar-refractivity contribution is 0.450. The quantitative estimate of drug-likeness (QED) is 0.573. The fraction of sp³-hybridized carbons (Fsp3) is 0. The maximum absolute atomic E-state index is 9.59. The fourth-order valence-electron chi connectivity index (χ4n) is 1.46. The number of benzene rings is 2. The van der Waals surface area contributed by atoms with Gasteiger partial charge in [-0.1, -0.05) is 34.8 Å². The molecule has 20 heavy (non-hydrogen) atoms. The zero-order valence-corrected chi connectivity index (χ0v) is 12.2. The second-order valence-electron chi connectivity index (χ2n) is 3.86. The van der Waals surface area contributed by atoms with E-state index in [1.54, 1.807) is 0 Å². The van der Waals surface area contributed by atoms with Crippen LogP contribution in [-0.2, 0) is 0 Å². The Morgan fingerprint density at radius 1 is 1.00 bits per heavy atom. The summed E-state index contributed by atoms with van der Waals surface area (Å²) in [5, 5.41) is 23.8. The van der Waals surface area contributed by atoms with E-state index in [4.69, 9.17) is 34.8 Å². The van der Waals surface area contributed by atoms with Crippen molar-refractivity contribution < 1.29 is 10.2 Å². The molecule has 104 valence electrons. The molecule has 0 unspecified atom stereocenters. The average Bonchev–Trinajstić information content (AvgIpc) is 2.34. The number of nitrogens with zero attached hydrogens (tertiary/aromatic N) is 1. The first-order chi connectivity index (χ1) is 9.47. The van der Waals surface area contributed by atoms with E-state index in [9.17, 15) is 10.2 Å². The van der Waals surface area contributed by atoms with E-state index in [2.05, 4.69) is 10.5 Å². The number of rotatable bonds is 3. The molecule has 0 bridgehead atoms. The van der Waals surface area contributed by atoms with Crippen molar-refractivity contribution in [2.75, 3.05) is 5.43 Å². The summed E-state index contributed by atoms with van der Waals surface area (Å²) in [6, 6.07) is 7.23. The van der Waals surface area contributed by atoms with Gasteiger partial charge in [-0.15, -0.1) is 0 Å². The summed E-state index contributed by atoms with van der Waals surface area (Å²) >= 11 is 17.8. The van der Waals surface area contributed by atoms with Crippen LogP contribution in [0.2, 0.25) is 15.1 Å². The fourth-order valence-corrected chi connectivity index (χ4v) is 2.36. The Balaban J connectivity index is 2.18. The maximum Gasteiger partial charge on any atom is 0.128 e. The molecule has 4 nitrogen and oxygen atoms in total. The first-order valence-corrected chi connectivity index (χ1v) is 6.56. The number of nitrogens with one attached hydrogen (secondary N) is 1. The van der Waals surface area contributed by atoms with Gasteiger partial charge in [0, 0.05) is 16.7 Å². The third-order valence-electron chi connectivity index (χ3n) is 2.40. The van der Waals surface area contributed by atoms with Gasteiger partial charge in [0.15, 0.2) is 0 Å². The minimum absolute atomic E-state index is 0.0311. The Morgan fingerprint density at radius 2 is 1.65 bits per heavy atom. The molecule has 0 radical (unpaired) electrons. The highest BCUT2D eigenvalue weighted by molar-refractivity contribution is 6.41. The van der Waals surface area contributed by atoms with E-state index in [-0.39, 0.29) is 11.5 Å². The van der Waals surface area contributed by atoms with Gasteiger partial charge in [0.2, 0.25) is 0 Å². The summed E-state index contributed by atoms with van der Waals surface area (Å²) < 4.78 is 0. The molecule has 0 saturated heterocycles. The zero-order chi connectivity index (χ0) is 14.7. The van der Waals surface area contributed by atoms with Crippen molar-refractivity contribution in [1.29, 1.82) is 0 Å². The third kappa shape index (κ3) is 3.48. The summed E-state index contributed by atoms with van der Waals surface area (Å²) in [4.78, 5) is 0. The summed E-state index contributed by atoms with van der Waals surface area (Å²) in [5.41, 5.74) is 3.51. The number of anilines is 1. The summed E-state index contributed by atoms with van der Waals surface area (Å²) in [7, 11) is 0. The largest absolute Gasteiger partial charge is 0.508 e. The van der Waals surface area contributed by atoms with Crippen LogP contribution in [0.3, 0.4) is 0 Å². The summed E-state index contributed by atoms with van der Waals surface area (Å²) in [6.07, 6.45) is 1.37. The lowest BCUT2D eigenvalue weighted by Crippen LogP contribution is -1.93. The van der Waals surface area contributed by atoms with Gasteiger partial charge in [-0.05, 0) is 24.3 Å². The molecule has 2 rings (SSSR count). The highest BCUT2D eigenvalue weighted by Gasteiger charge is 2.06. The number of phenols is 2. The molecule has 2 aromatic rings. The van der Waals surface area contributed by atoms with E-state index in [1.165, 1.54) is 36.5 Å². The van der Waals surface area contributed by atoms with Crippen LogP contribution in [-0.4, -0.2) is 16.4 Å². The molecule has 0 spiro atoms. The van der Waals surface area contributed by atoms with Crippen molar-refractivity contribution in [1.82, 2.24) is 0 Å². The van der Waals surface area contributed by atoms with Crippen LogP contribution >= 0.6 is 34.8 Å². The Labute approximate surface area is 130 Å². The number of hydrazone groups is 1. The SMILES string of the molecule is Oc1ccc(/C=N/Nc2c(Cl)cc(Cl)cc2Cl)c(O)c1. The number of halogens is 3. The first kappa shape index (κ1) is 14.8. The molecule has 0 aliphatic carbocycles. The van der Waals surface area contributed by atoms with Gasteiger partial charge < -0.3 is 10.2 Å². The van der Waals surface area contributed by atoms with Crippen LogP contribution in [0.5, 0.6) is 11.5 Å². The third-order valence-corrected chi connectivity index (χ3v) is 3.22. The van der Waals surface area contributed by atoms with Gasteiger partial charge in [-0.25, -0.2) is 0 Å². The van der Waals surface area contributed by atoms with E-state index < -0.39 is 0 Å². The predicted octanol–water partition coefficient (Wildman–Crippen LogP) is 4.50. The smallest absolute Gasteiger partial charge is 0.128 e. The van der Waals surface area contributed by atoms with Gasteiger partial charge in [0.05, 0.1) is 21.9 Å². The molecule has 3 N–H and O–H groups in total. The molecular formula is C13H9Cl3N2O2. The Hall–Kier alpha value is -1.62. The predicted molar refractivity (Wildman–Crippen MR) is 82.5 cm³/mol. The van der Waals surface area contributed by atoms with Crippen molar-refractivity contribution in [3.8, 4) is 11.5 Å². The van der Waals surface area contributed by atoms with Crippen LogP contribution in [0.15, 0.2) is 35.4 Å². The van der Waals surface area contributed by atoms with Crippen molar-refractivity contribution >= 4 is 46.7 Å². The lowest BCUT2D eigenvalue weighted by atomic mass is 10.2. The molecule has 2 aromatic carbocycles. The normalized spacial score (nSPS) is 10.9. The second kappa shape index (κ2) is 6.22. The minimum atomic E-state index is -0.0937. The molecule has 0 atom stereocenters. The number of hydrogen-bond acceptors (Lipinski definition) is 4. The van der Waals surface area contributed by atoms with E-state index in [1.807, 2.05) is 0 Å². The minimum Gasteiger partial charge on any atom is -0.508 e. The van der Waals surface area contributed by atoms with E-state index in [0.717, 1.165) is 0 Å². The molecule has 0 aliphatic heterocycles. The van der Waals surface area contributed by atoms with Crippen LogP contribution < -0.4 is 5.43 Å². The zero-order valence-electron chi connectivity index (χ0n) is 9.94. The van der Waals surface area contributed by atoms with E-state index >= 15 is 0 Å². The molecule has 0 aromatic heterocycles. The van der Waals surface area contributed by atoms with E-state index in [0.29, 0.717) is 26.3 Å². The lowest BCUT2D eigenvalue weighted by Gasteiger charge is -2.06. The first-order valence-electron chi connectivity index (χ1n) is 5.43. The van der Waals surface area contributed by atoms with Crippen LogP contribution in [0.1, 0.15) is 5.56 Å². The molecule has 0 saturated carbocycles. The Kier molecular flexibility index (Phi) is 4.60. The topological polar surface area (TPSA) is 64.9 Å². The summed E-state index contributed by atoms with van der Waals surface area (Å²) in [6.45, 7) is 0. The van der Waals surface area contributed by atoms with Gasteiger partial charge in [0.25, 0.3) is 0 Å². The van der Waals surface area contributed by atoms with Crippen molar-refractivity contribution in [3.05, 3.63) is 51.0 Å². The standard InChI is InChI=1S/C13H9Cl3N2O2/c14-8-3-10(15)13(11(16)4-8)18-17-6-7-1-2-9(19)5-12(7)20/h1-6,18-20H/b17-6+. The van der Waals surface area contributed by atoms with Crippen LogP contribution in [0, 0.1) is 0 Å². The highest BCUT2D eigenvalue weighted by Crippen LogP contribution is 2.33. The number of aromatic hydroxyl groups is 2. The highest BCUT2D eigenvalue weighted by atomic mass is 35.5. The molecule has 7 heteroatoms. The van der Waals surface area contributed by atoms with Gasteiger partial charge in [-0.2, -0.15) is 5.10 Å². The molecule has 0 amide bonds.